The van der Waals surface area contributed by atoms with Crippen LogP contribution < -0.4 is 15.8 Å². The van der Waals surface area contributed by atoms with Crippen molar-refractivity contribution >= 4 is 11.6 Å². The average Bonchev–Trinajstić information content (AvgIpc) is 2.90. The third-order valence-corrected chi connectivity index (χ3v) is 8.03. The molecule has 1 amide bonds. The summed E-state index contributed by atoms with van der Waals surface area (Å²) in [6, 6.07) is 11.1. The van der Waals surface area contributed by atoms with E-state index >= 15 is 0 Å². The molecular formula is C31H41N5O2. The van der Waals surface area contributed by atoms with Gasteiger partial charge in [-0.2, -0.15) is 0 Å². The zero-order chi connectivity index (χ0) is 27.4. The van der Waals surface area contributed by atoms with Gasteiger partial charge in [-0.25, -0.2) is 0 Å². The third kappa shape index (κ3) is 5.99. The number of carbonyl (C=O) groups is 1. The summed E-state index contributed by atoms with van der Waals surface area (Å²) in [5.74, 6) is -0.179. The molecule has 3 aromatic rings. The van der Waals surface area contributed by atoms with Crippen molar-refractivity contribution < 1.29 is 4.79 Å². The van der Waals surface area contributed by atoms with Gasteiger partial charge in [-0.1, -0.05) is 6.07 Å². The maximum absolute atomic E-state index is 13.6. The van der Waals surface area contributed by atoms with E-state index in [1.807, 2.05) is 51.2 Å². The van der Waals surface area contributed by atoms with Gasteiger partial charge in [0, 0.05) is 65.6 Å². The molecule has 0 atom stereocenters. The van der Waals surface area contributed by atoms with Crippen molar-refractivity contribution in [1.82, 2.24) is 20.2 Å². The quantitative estimate of drug-likeness (QED) is 0.442. The first-order valence-corrected chi connectivity index (χ1v) is 13.6. The predicted octanol–water partition coefficient (Wildman–Crippen LogP) is 4.99. The fourth-order valence-corrected chi connectivity index (χ4v) is 5.81. The molecule has 4 rings (SSSR count). The Morgan fingerprint density at radius 2 is 1.76 bits per heavy atom. The van der Waals surface area contributed by atoms with Crippen molar-refractivity contribution in [1.29, 1.82) is 0 Å². The number of rotatable bonds is 8. The van der Waals surface area contributed by atoms with Crippen LogP contribution in [0.1, 0.15) is 65.3 Å². The number of pyridine rings is 2. The minimum Gasteiger partial charge on any atom is -0.369 e. The van der Waals surface area contributed by atoms with E-state index in [2.05, 4.69) is 52.2 Å². The number of hydrogen-bond acceptors (Lipinski definition) is 5. The van der Waals surface area contributed by atoms with E-state index in [1.165, 1.54) is 12.8 Å². The van der Waals surface area contributed by atoms with Gasteiger partial charge in [0.2, 0.25) is 0 Å². The highest BCUT2D eigenvalue weighted by atomic mass is 16.1. The Morgan fingerprint density at radius 3 is 2.37 bits per heavy atom. The van der Waals surface area contributed by atoms with Gasteiger partial charge in [-0.3, -0.25) is 14.6 Å². The molecule has 0 spiro atoms. The fraction of sp³-hybridized carbons (Fsp3) is 0.452. The minimum absolute atomic E-state index is 0.158. The van der Waals surface area contributed by atoms with E-state index < -0.39 is 0 Å². The summed E-state index contributed by atoms with van der Waals surface area (Å²) >= 11 is 0. The van der Waals surface area contributed by atoms with Gasteiger partial charge in [0.05, 0.1) is 0 Å². The highest BCUT2D eigenvalue weighted by molar-refractivity contribution is 5.99. The van der Waals surface area contributed by atoms with E-state index in [0.29, 0.717) is 23.2 Å². The minimum atomic E-state index is -0.179. The topological polar surface area (TPSA) is 81.3 Å². The van der Waals surface area contributed by atoms with Crippen LogP contribution in [0.2, 0.25) is 0 Å². The highest BCUT2D eigenvalue weighted by Gasteiger charge is 2.28. The molecule has 202 valence electrons. The number of nitrogens with one attached hydrogen (secondary N) is 2. The van der Waals surface area contributed by atoms with Crippen LogP contribution in [0.5, 0.6) is 0 Å². The summed E-state index contributed by atoms with van der Waals surface area (Å²) < 4.78 is 0. The Morgan fingerprint density at radius 1 is 1.05 bits per heavy atom. The Balaban J connectivity index is 1.68. The summed E-state index contributed by atoms with van der Waals surface area (Å²) in [4.78, 5) is 38.1. The van der Waals surface area contributed by atoms with E-state index in [1.54, 1.807) is 6.20 Å². The van der Waals surface area contributed by atoms with E-state index in [9.17, 15) is 9.59 Å². The molecule has 2 N–H and O–H groups in total. The maximum Gasteiger partial charge on any atom is 0.253 e. The van der Waals surface area contributed by atoms with Gasteiger partial charge in [-0.05, 0) is 108 Å². The number of hydrogen-bond donors (Lipinski definition) is 2. The van der Waals surface area contributed by atoms with Gasteiger partial charge in [0.1, 0.15) is 0 Å². The van der Waals surface area contributed by atoms with Crippen LogP contribution in [0.25, 0.3) is 11.1 Å². The van der Waals surface area contributed by atoms with Gasteiger partial charge < -0.3 is 20.1 Å². The molecule has 0 saturated heterocycles. The molecule has 7 nitrogen and oxygen atoms in total. The SMILES string of the molecule is CCN(c1cc(-c2cccnc2)cc(C(=O)NCc2c(C)cc(C)[nH]c2=O)c1C)C1CCC(N(C)C)CC1. The third-order valence-electron chi connectivity index (χ3n) is 8.03. The molecule has 7 heteroatoms. The molecule has 1 fully saturated rings. The largest absolute Gasteiger partial charge is 0.369 e. The van der Waals surface area contributed by atoms with Crippen LogP contribution in [-0.2, 0) is 6.54 Å². The molecule has 0 unspecified atom stereocenters. The molecule has 38 heavy (non-hydrogen) atoms. The first-order chi connectivity index (χ1) is 18.2. The lowest BCUT2D eigenvalue weighted by Crippen LogP contribution is -2.42. The summed E-state index contributed by atoms with van der Waals surface area (Å²) in [5.41, 5.74) is 6.73. The Kier molecular flexibility index (Phi) is 8.67. The van der Waals surface area contributed by atoms with Crippen molar-refractivity contribution in [2.24, 2.45) is 0 Å². The second kappa shape index (κ2) is 11.9. The molecule has 1 aliphatic carbocycles. The molecule has 1 aliphatic rings. The molecule has 2 aromatic heterocycles. The average molecular weight is 516 g/mol. The second-order valence-corrected chi connectivity index (χ2v) is 10.7. The van der Waals surface area contributed by atoms with Crippen LogP contribution in [0, 0.1) is 20.8 Å². The summed E-state index contributed by atoms with van der Waals surface area (Å²) in [6.07, 6.45) is 8.20. The Bertz CT molecular complexity index is 1320. The molecule has 1 saturated carbocycles. The molecule has 2 heterocycles. The normalized spacial score (nSPS) is 17.4. The number of anilines is 1. The van der Waals surface area contributed by atoms with Crippen molar-refractivity contribution in [3.63, 3.8) is 0 Å². The first-order valence-electron chi connectivity index (χ1n) is 13.6. The number of nitrogens with zero attached hydrogens (tertiary/aromatic N) is 3. The zero-order valence-electron chi connectivity index (χ0n) is 23.6. The van der Waals surface area contributed by atoms with Crippen molar-refractivity contribution in [3.05, 3.63) is 81.0 Å². The molecule has 0 aliphatic heterocycles. The number of amides is 1. The number of aromatic nitrogens is 2. The monoisotopic (exact) mass is 515 g/mol. The summed E-state index contributed by atoms with van der Waals surface area (Å²) in [5, 5.41) is 3.02. The number of aromatic amines is 1. The molecule has 0 bridgehead atoms. The standard InChI is InChI=1S/C31H41N5O2/c1-7-36(26-12-10-25(11-13-26)35(5)6)29-17-24(23-9-8-14-32-18-23)16-27(22(29)4)30(37)33-19-28-20(2)15-21(3)34-31(28)38/h8-9,14-18,25-26H,7,10-13,19H2,1-6H3,(H,33,37)(H,34,38). The lowest BCUT2D eigenvalue weighted by atomic mass is 9.88. The summed E-state index contributed by atoms with van der Waals surface area (Å²) in [7, 11) is 4.34. The molecule has 0 radical (unpaired) electrons. The van der Waals surface area contributed by atoms with E-state index in [-0.39, 0.29) is 18.0 Å². The fourth-order valence-electron chi connectivity index (χ4n) is 5.81. The highest BCUT2D eigenvalue weighted by Crippen LogP contribution is 2.35. The maximum atomic E-state index is 13.6. The van der Waals surface area contributed by atoms with Crippen LogP contribution in [0.3, 0.4) is 0 Å². The van der Waals surface area contributed by atoms with Crippen LogP contribution in [0.15, 0.2) is 47.5 Å². The summed E-state index contributed by atoms with van der Waals surface area (Å²) in [6.45, 7) is 9.04. The van der Waals surface area contributed by atoms with Crippen LogP contribution in [-0.4, -0.2) is 53.5 Å². The van der Waals surface area contributed by atoms with Gasteiger partial charge in [0.25, 0.3) is 11.5 Å². The number of carbonyl (C=O) groups excluding carboxylic acids is 1. The first kappa shape index (κ1) is 27.6. The van der Waals surface area contributed by atoms with Gasteiger partial charge in [0.15, 0.2) is 0 Å². The van der Waals surface area contributed by atoms with Crippen molar-refractivity contribution in [2.75, 3.05) is 25.5 Å². The smallest absolute Gasteiger partial charge is 0.253 e. The Hall–Kier alpha value is -3.45. The lowest BCUT2D eigenvalue weighted by Gasteiger charge is -2.40. The van der Waals surface area contributed by atoms with Crippen LogP contribution >= 0.6 is 0 Å². The van der Waals surface area contributed by atoms with E-state index in [4.69, 9.17) is 0 Å². The van der Waals surface area contributed by atoms with Crippen LogP contribution in [0.4, 0.5) is 5.69 Å². The van der Waals surface area contributed by atoms with Gasteiger partial charge >= 0.3 is 0 Å². The van der Waals surface area contributed by atoms with Crippen molar-refractivity contribution in [2.45, 2.75) is 72.0 Å². The van der Waals surface area contributed by atoms with Gasteiger partial charge in [-0.15, -0.1) is 0 Å². The predicted molar refractivity (Wildman–Crippen MR) is 155 cm³/mol. The molecular weight excluding hydrogens is 474 g/mol. The molecule has 1 aromatic carbocycles. The van der Waals surface area contributed by atoms with E-state index in [0.717, 1.165) is 53.0 Å². The number of aryl methyl sites for hydroxylation is 2. The van der Waals surface area contributed by atoms with Crippen molar-refractivity contribution in [3.8, 4) is 11.1 Å². The second-order valence-electron chi connectivity index (χ2n) is 10.7. The number of benzene rings is 1. The lowest BCUT2D eigenvalue weighted by molar-refractivity contribution is 0.0950. The Labute approximate surface area is 226 Å². The zero-order valence-corrected chi connectivity index (χ0v) is 23.6. The number of H-pyrrole nitrogens is 1.